The van der Waals surface area contributed by atoms with Gasteiger partial charge in [0.1, 0.15) is 5.60 Å². The zero-order valence-electron chi connectivity index (χ0n) is 14.6. The zero-order valence-corrected chi connectivity index (χ0v) is 14.6. The molecule has 0 radical (unpaired) electrons. The number of unbranched alkanes of at least 4 members (excludes halogenated alkanes) is 1. The minimum atomic E-state index is -0.501. The Labute approximate surface area is 137 Å². The van der Waals surface area contributed by atoms with Crippen LogP contribution in [0.1, 0.15) is 56.0 Å². The third-order valence-corrected chi connectivity index (χ3v) is 3.09. The van der Waals surface area contributed by atoms with Crippen molar-refractivity contribution in [3.05, 3.63) is 23.4 Å². The number of ketones is 1. The molecule has 23 heavy (non-hydrogen) atoms. The molecule has 1 aromatic rings. The number of amides is 1. The van der Waals surface area contributed by atoms with Crippen LogP contribution >= 0.6 is 0 Å². The van der Waals surface area contributed by atoms with Gasteiger partial charge in [-0.2, -0.15) is 0 Å². The summed E-state index contributed by atoms with van der Waals surface area (Å²) >= 11 is 0. The first-order valence-corrected chi connectivity index (χ1v) is 7.73. The van der Waals surface area contributed by atoms with Crippen LogP contribution in [0.5, 0.6) is 5.88 Å². The average molecular weight is 322 g/mol. The number of alkyl carbamates (subject to hydrolysis) is 1. The number of methoxy groups -OCH3 is 1. The smallest absolute Gasteiger partial charge is 0.407 e. The molecule has 6 heteroatoms. The Kier molecular flexibility index (Phi) is 7.00. The summed E-state index contributed by atoms with van der Waals surface area (Å²) in [5.74, 6) is 0.551. The number of carbonyl (C=O) groups excluding carboxylic acids is 2. The van der Waals surface area contributed by atoms with Gasteiger partial charge in [-0.25, -0.2) is 9.78 Å². The number of nitrogens with one attached hydrogen (secondary N) is 1. The van der Waals surface area contributed by atoms with E-state index in [1.54, 1.807) is 19.4 Å². The number of nitrogens with zero attached hydrogens (tertiary/aromatic N) is 1. The van der Waals surface area contributed by atoms with E-state index in [0.717, 1.165) is 5.56 Å². The fourth-order valence-corrected chi connectivity index (χ4v) is 1.98. The second-order valence-corrected chi connectivity index (χ2v) is 6.35. The Morgan fingerprint density at radius 3 is 2.52 bits per heavy atom. The van der Waals surface area contributed by atoms with Crippen molar-refractivity contribution >= 4 is 11.9 Å². The Bertz CT molecular complexity index is 550. The van der Waals surface area contributed by atoms with Gasteiger partial charge in [0, 0.05) is 30.8 Å². The number of rotatable bonds is 7. The van der Waals surface area contributed by atoms with Gasteiger partial charge in [0.15, 0.2) is 5.78 Å². The lowest BCUT2D eigenvalue weighted by Crippen LogP contribution is -2.33. The van der Waals surface area contributed by atoms with E-state index in [4.69, 9.17) is 9.47 Å². The minimum Gasteiger partial charge on any atom is -0.481 e. The van der Waals surface area contributed by atoms with Crippen molar-refractivity contribution in [2.24, 2.45) is 0 Å². The number of aryl methyl sites for hydroxylation is 1. The van der Waals surface area contributed by atoms with Crippen molar-refractivity contribution in [2.45, 2.75) is 52.6 Å². The van der Waals surface area contributed by atoms with Crippen molar-refractivity contribution in [1.29, 1.82) is 0 Å². The van der Waals surface area contributed by atoms with E-state index in [0.29, 0.717) is 37.3 Å². The molecule has 0 saturated heterocycles. The summed E-state index contributed by atoms with van der Waals surface area (Å²) in [6.07, 6.45) is 2.95. The minimum absolute atomic E-state index is 0.0509. The molecule has 128 valence electrons. The summed E-state index contributed by atoms with van der Waals surface area (Å²) in [6, 6.07) is 1.75. The number of Topliss-reactive ketones (excluding diaryl/α,β-unsaturated/α-hetero) is 1. The van der Waals surface area contributed by atoms with Gasteiger partial charge in [0.2, 0.25) is 5.88 Å². The number of carbonyl (C=O) groups is 2. The van der Waals surface area contributed by atoms with Crippen LogP contribution in [-0.2, 0) is 4.74 Å². The molecule has 0 bridgehead atoms. The maximum Gasteiger partial charge on any atom is 0.407 e. The van der Waals surface area contributed by atoms with Crippen LogP contribution in [-0.4, -0.2) is 36.1 Å². The molecule has 0 unspecified atom stereocenters. The van der Waals surface area contributed by atoms with Crippen LogP contribution < -0.4 is 10.1 Å². The second kappa shape index (κ2) is 8.50. The Morgan fingerprint density at radius 1 is 1.26 bits per heavy atom. The quantitative estimate of drug-likeness (QED) is 0.616. The van der Waals surface area contributed by atoms with Crippen LogP contribution in [0, 0.1) is 6.92 Å². The molecule has 0 spiro atoms. The molecule has 0 aromatic carbocycles. The van der Waals surface area contributed by atoms with Crippen LogP contribution in [0.15, 0.2) is 12.3 Å². The van der Waals surface area contributed by atoms with E-state index in [-0.39, 0.29) is 5.78 Å². The summed E-state index contributed by atoms with van der Waals surface area (Å²) in [7, 11) is 1.54. The van der Waals surface area contributed by atoms with Crippen molar-refractivity contribution < 1.29 is 19.1 Å². The molecule has 1 rings (SSSR count). The number of aromatic nitrogens is 1. The fourth-order valence-electron chi connectivity index (χ4n) is 1.98. The second-order valence-electron chi connectivity index (χ2n) is 6.35. The lowest BCUT2D eigenvalue weighted by molar-refractivity contribution is 0.0527. The Hall–Kier alpha value is -2.11. The van der Waals surface area contributed by atoms with Gasteiger partial charge in [-0.1, -0.05) is 0 Å². The van der Waals surface area contributed by atoms with Crippen molar-refractivity contribution in [3.8, 4) is 5.88 Å². The van der Waals surface area contributed by atoms with E-state index in [1.165, 1.54) is 0 Å². The molecular formula is C17H26N2O4. The highest BCUT2D eigenvalue weighted by Crippen LogP contribution is 2.16. The van der Waals surface area contributed by atoms with Crippen molar-refractivity contribution in [2.75, 3.05) is 13.7 Å². The van der Waals surface area contributed by atoms with E-state index >= 15 is 0 Å². The molecule has 0 aliphatic heterocycles. The summed E-state index contributed by atoms with van der Waals surface area (Å²) in [5.41, 5.74) is 0.971. The SMILES string of the molecule is COc1cc(C)c(C(=O)CCCCNC(=O)OC(C)(C)C)cn1. The van der Waals surface area contributed by atoms with Gasteiger partial charge in [-0.15, -0.1) is 0 Å². The average Bonchev–Trinajstić information content (AvgIpc) is 2.44. The topological polar surface area (TPSA) is 77.5 Å². The first kappa shape index (κ1) is 18.9. The lowest BCUT2D eigenvalue weighted by atomic mass is 10.0. The molecule has 1 heterocycles. The number of hydrogen-bond acceptors (Lipinski definition) is 5. The molecule has 1 amide bonds. The number of pyridine rings is 1. The summed E-state index contributed by atoms with van der Waals surface area (Å²) in [6.45, 7) is 7.80. The van der Waals surface area contributed by atoms with E-state index in [1.807, 2.05) is 27.7 Å². The van der Waals surface area contributed by atoms with Crippen LogP contribution in [0.2, 0.25) is 0 Å². The molecular weight excluding hydrogens is 296 g/mol. The van der Waals surface area contributed by atoms with E-state index in [2.05, 4.69) is 10.3 Å². The Morgan fingerprint density at radius 2 is 1.96 bits per heavy atom. The van der Waals surface area contributed by atoms with Gasteiger partial charge < -0.3 is 14.8 Å². The predicted octanol–water partition coefficient (Wildman–Crippen LogP) is 3.28. The van der Waals surface area contributed by atoms with Crippen molar-refractivity contribution in [3.63, 3.8) is 0 Å². The predicted molar refractivity (Wildman–Crippen MR) is 87.9 cm³/mol. The lowest BCUT2D eigenvalue weighted by Gasteiger charge is -2.19. The zero-order chi connectivity index (χ0) is 17.5. The molecule has 1 aromatic heterocycles. The van der Waals surface area contributed by atoms with E-state index in [9.17, 15) is 9.59 Å². The summed E-state index contributed by atoms with van der Waals surface area (Å²) in [4.78, 5) is 27.7. The van der Waals surface area contributed by atoms with Gasteiger partial charge >= 0.3 is 6.09 Å². The number of ether oxygens (including phenoxy) is 2. The number of hydrogen-bond donors (Lipinski definition) is 1. The standard InChI is InChI=1S/C17H26N2O4/c1-12-10-15(22-5)19-11-13(12)14(20)8-6-7-9-18-16(21)23-17(2,3)4/h10-11H,6-9H2,1-5H3,(H,18,21). The molecule has 0 fully saturated rings. The summed E-state index contributed by atoms with van der Waals surface area (Å²) < 4.78 is 10.2. The highest BCUT2D eigenvalue weighted by atomic mass is 16.6. The van der Waals surface area contributed by atoms with Gasteiger partial charge in [0.25, 0.3) is 0 Å². The van der Waals surface area contributed by atoms with Crippen molar-refractivity contribution in [1.82, 2.24) is 10.3 Å². The van der Waals surface area contributed by atoms with Crippen LogP contribution in [0.25, 0.3) is 0 Å². The van der Waals surface area contributed by atoms with Gasteiger partial charge in [-0.05, 0) is 46.1 Å². The highest BCUT2D eigenvalue weighted by molar-refractivity contribution is 5.97. The molecule has 0 atom stereocenters. The highest BCUT2D eigenvalue weighted by Gasteiger charge is 2.15. The monoisotopic (exact) mass is 322 g/mol. The van der Waals surface area contributed by atoms with Crippen LogP contribution in [0.3, 0.4) is 0 Å². The molecule has 0 saturated carbocycles. The molecule has 1 N–H and O–H groups in total. The van der Waals surface area contributed by atoms with Gasteiger partial charge in [-0.3, -0.25) is 4.79 Å². The molecule has 6 nitrogen and oxygen atoms in total. The first-order valence-electron chi connectivity index (χ1n) is 7.73. The molecule has 0 aliphatic carbocycles. The van der Waals surface area contributed by atoms with E-state index < -0.39 is 11.7 Å². The van der Waals surface area contributed by atoms with Gasteiger partial charge in [0.05, 0.1) is 7.11 Å². The third kappa shape index (κ3) is 7.13. The maximum atomic E-state index is 12.2. The third-order valence-electron chi connectivity index (χ3n) is 3.09. The molecule has 0 aliphatic rings. The largest absolute Gasteiger partial charge is 0.481 e. The first-order chi connectivity index (χ1) is 10.7. The maximum absolute atomic E-state index is 12.2. The Balaban J connectivity index is 2.31. The summed E-state index contributed by atoms with van der Waals surface area (Å²) in [5, 5.41) is 2.68. The fraction of sp³-hybridized carbons (Fsp3) is 0.588. The van der Waals surface area contributed by atoms with Crippen LogP contribution in [0.4, 0.5) is 4.79 Å². The normalized spacial score (nSPS) is 11.0.